The second-order valence-corrected chi connectivity index (χ2v) is 10.8. The molecular formula is C24H34N2O5S. The largest absolute Gasteiger partial charge is 0.487 e. The van der Waals surface area contributed by atoms with Crippen LogP contribution in [0.15, 0.2) is 23.1 Å². The van der Waals surface area contributed by atoms with Crippen LogP contribution < -0.4 is 4.74 Å². The lowest BCUT2D eigenvalue weighted by atomic mass is 10.0. The molecule has 1 amide bonds. The van der Waals surface area contributed by atoms with Crippen LogP contribution in [0, 0.1) is 23.7 Å². The van der Waals surface area contributed by atoms with E-state index >= 15 is 0 Å². The van der Waals surface area contributed by atoms with Crippen molar-refractivity contribution in [3.05, 3.63) is 23.8 Å². The lowest BCUT2D eigenvalue weighted by molar-refractivity contribution is -0.132. The van der Waals surface area contributed by atoms with E-state index in [1.54, 1.807) is 31.0 Å². The normalized spacial score (nSPS) is 23.5. The number of ether oxygens (including phenoxy) is 1. The number of benzene rings is 1. The Labute approximate surface area is 191 Å². The van der Waals surface area contributed by atoms with Crippen molar-refractivity contribution in [1.29, 1.82) is 0 Å². The van der Waals surface area contributed by atoms with E-state index < -0.39 is 22.2 Å². The van der Waals surface area contributed by atoms with E-state index in [9.17, 15) is 18.3 Å². The van der Waals surface area contributed by atoms with E-state index in [0.29, 0.717) is 12.1 Å². The SMILES string of the molecule is CCCC#Cc1ccc2c(c1)O[C@H](CN(C)C(=O)C1CC1)[C@@H](C)CN([C@H](C)CO)S2(=O)=O. The van der Waals surface area contributed by atoms with Crippen LogP contribution in [0.2, 0.25) is 0 Å². The smallest absolute Gasteiger partial charge is 0.247 e. The molecule has 2 aliphatic rings. The topological polar surface area (TPSA) is 87.2 Å². The summed E-state index contributed by atoms with van der Waals surface area (Å²) in [4.78, 5) is 14.3. The van der Waals surface area contributed by atoms with E-state index in [4.69, 9.17) is 4.74 Å². The van der Waals surface area contributed by atoms with Crippen LogP contribution in [-0.2, 0) is 14.8 Å². The Morgan fingerprint density at radius 2 is 2.09 bits per heavy atom. The van der Waals surface area contributed by atoms with Gasteiger partial charge in [0, 0.05) is 43.5 Å². The average Bonchev–Trinajstić information content (AvgIpc) is 3.60. The van der Waals surface area contributed by atoms with Crippen molar-refractivity contribution >= 4 is 15.9 Å². The number of carbonyl (C=O) groups excluding carboxylic acids is 1. The van der Waals surface area contributed by atoms with Crippen LogP contribution in [0.3, 0.4) is 0 Å². The van der Waals surface area contributed by atoms with E-state index in [-0.39, 0.29) is 41.5 Å². The summed E-state index contributed by atoms with van der Waals surface area (Å²) in [6, 6.07) is 4.31. The van der Waals surface area contributed by atoms with Crippen LogP contribution in [0.25, 0.3) is 0 Å². The summed E-state index contributed by atoms with van der Waals surface area (Å²) in [5, 5.41) is 9.72. The number of hydrogen-bond donors (Lipinski definition) is 1. The number of carbonyl (C=O) groups is 1. The number of aliphatic hydroxyl groups excluding tert-OH is 1. The molecule has 1 N–H and O–H groups in total. The van der Waals surface area contributed by atoms with Gasteiger partial charge in [-0.05, 0) is 44.4 Å². The molecule has 176 valence electrons. The zero-order chi connectivity index (χ0) is 23.5. The molecule has 1 aliphatic carbocycles. The number of nitrogens with zero attached hydrogens (tertiary/aromatic N) is 2. The quantitative estimate of drug-likeness (QED) is 0.657. The number of unbranched alkanes of at least 4 members (excludes halogenated alkanes) is 1. The Morgan fingerprint density at radius 3 is 2.72 bits per heavy atom. The number of aliphatic hydroxyl groups is 1. The van der Waals surface area contributed by atoms with Gasteiger partial charge < -0.3 is 14.7 Å². The third-order valence-electron chi connectivity index (χ3n) is 6.03. The van der Waals surface area contributed by atoms with Crippen LogP contribution in [0.4, 0.5) is 0 Å². The number of rotatable bonds is 6. The molecule has 3 atom stereocenters. The molecular weight excluding hydrogens is 428 g/mol. The van der Waals surface area contributed by atoms with Crippen molar-refractivity contribution in [3.8, 4) is 17.6 Å². The minimum atomic E-state index is -3.88. The molecule has 8 heteroatoms. The summed E-state index contributed by atoms with van der Waals surface area (Å²) in [6.45, 7) is 5.93. The fourth-order valence-electron chi connectivity index (χ4n) is 3.81. The van der Waals surface area contributed by atoms with Gasteiger partial charge in [-0.25, -0.2) is 8.42 Å². The number of amides is 1. The lowest BCUT2D eigenvalue weighted by Crippen LogP contribution is -2.50. The average molecular weight is 463 g/mol. The zero-order valence-electron chi connectivity index (χ0n) is 19.4. The summed E-state index contributed by atoms with van der Waals surface area (Å²) < 4.78 is 34.6. The van der Waals surface area contributed by atoms with Gasteiger partial charge in [0.25, 0.3) is 0 Å². The molecule has 0 unspecified atom stereocenters. The maximum absolute atomic E-state index is 13.5. The van der Waals surface area contributed by atoms with Crippen molar-refractivity contribution in [2.75, 3.05) is 26.7 Å². The molecule has 7 nitrogen and oxygen atoms in total. The highest BCUT2D eigenvalue weighted by molar-refractivity contribution is 7.89. The second-order valence-electron chi connectivity index (χ2n) is 8.95. The molecule has 1 aliphatic heterocycles. The second kappa shape index (κ2) is 10.2. The van der Waals surface area contributed by atoms with Gasteiger partial charge in [-0.1, -0.05) is 25.7 Å². The molecule has 1 saturated carbocycles. The lowest BCUT2D eigenvalue weighted by Gasteiger charge is -2.37. The maximum Gasteiger partial charge on any atom is 0.247 e. The Kier molecular flexibility index (Phi) is 7.86. The molecule has 1 fully saturated rings. The maximum atomic E-state index is 13.5. The molecule has 0 spiro atoms. The number of likely N-dealkylation sites (N-methyl/N-ethyl adjacent to an activating group) is 1. The van der Waals surface area contributed by atoms with Gasteiger partial charge in [0.05, 0.1) is 13.2 Å². The van der Waals surface area contributed by atoms with E-state index in [1.807, 2.05) is 13.8 Å². The predicted molar refractivity (Wildman–Crippen MR) is 123 cm³/mol. The first-order valence-electron chi connectivity index (χ1n) is 11.4. The molecule has 32 heavy (non-hydrogen) atoms. The van der Waals surface area contributed by atoms with Crippen LogP contribution in [0.5, 0.6) is 5.75 Å². The first kappa shape index (κ1) is 24.6. The minimum absolute atomic E-state index is 0.0620. The molecule has 0 saturated heterocycles. The van der Waals surface area contributed by atoms with Gasteiger partial charge in [-0.2, -0.15) is 4.31 Å². The highest BCUT2D eigenvalue weighted by atomic mass is 32.2. The predicted octanol–water partition coefficient (Wildman–Crippen LogP) is 2.48. The third kappa shape index (κ3) is 5.45. The third-order valence-corrected chi connectivity index (χ3v) is 8.05. The molecule has 3 rings (SSSR count). The Hall–Kier alpha value is -2.08. The molecule has 0 bridgehead atoms. The summed E-state index contributed by atoms with van der Waals surface area (Å²) in [7, 11) is -2.11. The highest BCUT2D eigenvalue weighted by Crippen LogP contribution is 2.35. The van der Waals surface area contributed by atoms with Crippen molar-refractivity contribution in [1.82, 2.24) is 9.21 Å². The zero-order valence-corrected chi connectivity index (χ0v) is 20.2. The molecule has 0 radical (unpaired) electrons. The monoisotopic (exact) mass is 462 g/mol. The molecule has 1 heterocycles. The molecule has 0 aromatic heterocycles. The minimum Gasteiger partial charge on any atom is -0.487 e. The van der Waals surface area contributed by atoms with E-state index in [1.165, 1.54) is 10.4 Å². The van der Waals surface area contributed by atoms with Gasteiger partial charge in [0.1, 0.15) is 16.7 Å². The highest BCUT2D eigenvalue weighted by Gasteiger charge is 2.39. The van der Waals surface area contributed by atoms with Crippen molar-refractivity contribution in [3.63, 3.8) is 0 Å². The van der Waals surface area contributed by atoms with Gasteiger partial charge in [0.2, 0.25) is 15.9 Å². The Morgan fingerprint density at radius 1 is 1.38 bits per heavy atom. The van der Waals surface area contributed by atoms with E-state index in [0.717, 1.165) is 25.7 Å². The number of sulfonamides is 1. The summed E-state index contributed by atoms with van der Waals surface area (Å²) in [5.74, 6) is 6.40. The van der Waals surface area contributed by atoms with Crippen molar-refractivity contribution < 1.29 is 23.1 Å². The van der Waals surface area contributed by atoms with Crippen molar-refractivity contribution in [2.45, 2.75) is 63.5 Å². The van der Waals surface area contributed by atoms with Crippen LogP contribution >= 0.6 is 0 Å². The first-order valence-corrected chi connectivity index (χ1v) is 12.8. The first-order chi connectivity index (χ1) is 15.2. The van der Waals surface area contributed by atoms with Crippen LogP contribution in [0.1, 0.15) is 52.0 Å². The van der Waals surface area contributed by atoms with Gasteiger partial charge >= 0.3 is 0 Å². The fraction of sp³-hybridized carbons (Fsp3) is 0.625. The standard InChI is InChI=1S/C24H34N2O5S/c1-5-6-7-8-19-9-12-23-21(13-19)31-22(15-25(4)24(28)20-10-11-20)17(2)14-26(18(3)16-27)32(23,29)30/h9,12-13,17-18,20,22,27H,5-6,10-11,14-16H2,1-4H3/t17-,18+,22+/m0/s1. The van der Waals surface area contributed by atoms with Crippen LogP contribution in [-0.4, -0.2) is 67.5 Å². The van der Waals surface area contributed by atoms with Crippen molar-refractivity contribution in [2.24, 2.45) is 11.8 Å². The fourth-order valence-corrected chi connectivity index (χ4v) is 5.64. The summed E-state index contributed by atoms with van der Waals surface area (Å²) >= 11 is 0. The summed E-state index contributed by atoms with van der Waals surface area (Å²) in [5.41, 5.74) is 0.684. The van der Waals surface area contributed by atoms with Gasteiger partial charge in [-0.15, -0.1) is 0 Å². The summed E-state index contributed by atoms with van der Waals surface area (Å²) in [6.07, 6.45) is 3.15. The Balaban J connectivity index is 2.01. The number of hydrogen-bond acceptors (Lipinski definition) is 5. The molecule has 1 aromatic carbocycles. The number of fused-ring (bicyclic) bond motifs is 1. The Bertz CT molecular complexity index is 993. The van der Waals surface area contributed by atoms with Gasteiger partial charge in [-0.3, -0.25) is 4.79 Å². The molecule has 1 aromatic rings. The van der Waals surface area contributed by atoms with Gasteiger partial charge in [0.15, 0.2) is 0 Å². The van der Waals surface area contributed by atoms with E-state index in [2.05, 4.69) is 11.8 Å².